The third-order valence-electron chi connectivity index (χ3n) is 3.12. The Bertz CT molecular complexity index is 183. The summed E-state index contributed by atoms with van der Waals surface area (Å²) in [4.78, 5) is 12.8. The monoisotopic (exact) mass is 229 g/mol. The highest BCUT2D eigenvalue weighted by atomic mass is 16.4. The molecule has 3 nitrogen and oxygen atoms in total. The minimum absolute atomic E-state index is 0.257. The Labute approximate surface area is 99.8 Å². The van der Waals surface area contributed by atoms with E-state index in [-0.39, 0.29) is 6.42 Å². The molecule has 0 radical (unpaired) electrons. The summed E-state index contributed by atoms with van der Waals surface area (Å²) < 4.78 is 0. The molecule has 0 aromatic rings. The number of carboxylic acids is 1. The van der Waals surface area contributed by atoms with E-state index in [0.717, 1.165) is 6.54 Å². The van der Waals surface area contributed by atoms with Crippen LogP contribution in [-0.2, 0) is 4.79 Å². The van der Waals surface area contributed by atoms with Crippen molar-refractivity contribution in [3.05, 3.63) is 0 Å². The molecule has 96 valence electrons. The normalized spacial score (nSPS) is 13.0. The van der Waals surface area contributed by atoms with Crippen LogP contribution in [-0.4, -0.2) is 35.1 Å². The van der Waals surface area contributed by atoms with Crippen molar-refractivity contribution in [2.75, 3.05) is 13.1 Å². The number of aliphatic carboxylic acids is 1. The summed E-state index contributed by atoms with van der Waals surface area (Å²) in [6.45, 7) is 8.15. The van der Waals surface area contributed by atoms with Crippen LogP contribution in [0.5, 0.6) is 0 Å². The van der Waals surface area contributed by atoms with E-state index in [0.29, 0.717) is 12.6 Å². The maximum Gasteiger partial charge on any atom is 0.304 e. The Hall–Kier alpha value is -0.570. The molecule has 0 bridgehead atoms. The van der Waals surface area contributed by atoms with E-state index in [1.807, 2.05) is 0 Å². The van der Waals surface area contributed by atoms with Crippen molar-refractivity contribution < 1.29 is 9.90 Å². The predicted octanol–water partition coefficient (Wildman–Crippen LogP) is 3.14. The molecule has 1 unspecified atom stereocenters. The van der Waals surface area contributed by atoms with E-state index < -0.39 is 5.97 Å². The van der Waals surface area contributed by atoms with Gasteiger partial charge in [0.2, 0.25) is 0 Å². The maximum absolute atomic E-state index is 10.5. The van der Waals surface area contributed by atoms with Crippen LogP contribution in [0, 0.1) is 0 Å². The first kappa shape index (κ1) is 15.4. The Morgan fingerprint density at radius 2 is 1.94 bits per heavy atom. The van der Waals surface area contributed by atoms with Gasteiger partial charge in [-0.1, -0.05) is 39.5 Å². The largest absolute Gasteiger partial charge is 0.481 e. The number of carbonyl (C=O) groups is 1. The quantitative estimate of drug-likeness (QED) is 0.585. The number of hydrogen-bond acceptors (Lipinski definition) is 2. The lowest BCUT2D eigenvalue weighted by Gasteiger charge is -2.27. The first-order valence-corrected chi connectivity index (χ1v) is 6.57. The van der Waals surface area contributed by atoms with Gasteiger partial charge in [-0.25, -0.2) is 0 Å². The fraction of sp³-hybridized carbons (Fsp3) is 0.923. The second-order valence-electron chi connectivity index (χ2n) is 4.47. The Balaban J connectivity index is 3.72. The average Bonchev–Trinajstić information content (AvgIpc) is 2.25. The highest BCUT2D eigenvalue weighted by Crippen LogP contribution is 2.11. The SMILES string of the molecule is CCCCCCC(C)N(CC)CCC(=O)O. The smallest absolute Gasteiger partial charge is 0.304 e. The van der Waals surface area contributed by atoms with Gasteiger partial charge < -0.3 is 10.0 Å². The van der Waals surface area contributed by atoms with Gasteiger partial charge in [0.05, 0.1) is 6.42 Å². The Kier molecular flexibility index (Phi) is 9.30. The molecule has 0 heterocycles. The summed E-state index contributed by atoms with van der Waals surface area (Å²) in [6.07, 6.45) is 6.59. The summed E-state index contributed by atoms with van der Waals surface area (Å²) in [5.74, 6) is -0.698. The lowest BCUT2D eigenvalue weighted by molar-refractivity contribution is -0.137. The number of nitrogens with zero attached hydrogens (tertiary/aromatic N) is 1. The molecular formula is C13H27NO2. The highest BCUT2D eigenvalue weighted by molar-refractivity contribution is 5.66. The van der Waals surface area contributed by atoms with Gasteiger partial charge in [-0.3, -0.25) is 4.79 Å². The molecule has 0 saturated carbocycles. The summed E-state index contributed by atoms with van der Waals surface area (Å²) in [5.41, 5.74) is 0. The van der Waals surface area contributed by atoms with E-state index in [2.05, 4.69) is 25.7 Å². The molecule has 0 aromatic carbocycles. The third kappa shape index (κ3) is 7.69. The molecule has 0 spiro atoms. The van der Waals surface area contributed by atoms with Gasteiger partial charge >= 0.3 is 5.97 Å². The number of hydrogen-bond donors (Lipinski definition) is 1. The molecule has 0 aliphatic heterocycles. The first-order chi connectivity index (χ1) is 7.61. The van der Waals surface area contributed by atoms with Crippen LogP contribution in [0.25, 0.3) is 0 Å². The molecular weight excluding hydrogens is 202 g/mol. The van der Waals surface area contributed by atoms with Gasteiger partial charge in [-0.05, 0) is 19.9 Å². The fourth-order valence-corrected chi connectivity index (χ4v) is 1.98. The van der Waals surface area contributed by atoms with E-state index in [1.54, 1.807) is 0 Å². The van der Waals surface area contributed by atoms with E-state index in [4.69, 9.17) is 5.11 Å². The van der Waals surface area contributed by atoms with Crippen LogP contribution in [0.2, 0.25) is 0 Å². The summed E-state index contributed by atoms with van der Waals surface area (Å²) in [7, 11) is 0. The van der Waals surface area contributed by atoms with Crippen LogP contribution in [0.1, 0.15) is 59.3 Å². The summed E-state index contributed by atoms with van der Waals surface area (Å²) in [5, 5.41) is 8.66. The molecule has 0 amide bonds. The molecule has 1 N–H and O–H groups in total. The molecule has 3 heteroatoms. The average molecular weight is 229 g/mol. The van der Waals surface area contributed by atoms with Crippen molar-refractivity contribution in [2.24, 2.45) is 0 Å². The molecule has 16 heavy (non-hydrogen) atoms. The van der Waals surface area contributed by atoms with E-state index in [9.17, 15) is 4.79 Å². The molecule has 0 saturated heterocycles. The van der Waals surface area contributed by atoms with Crippen molar-refractivity contribution >= 4 is 5.97 Å². The fourth-order valence-electron chi connectivity index (χ4n) is 1.98. The van der Waals surface area contributed by atoms with Crippen molar-refractivity contribution in [3.63, 3.8) is 0 Å². The Morgan fingerprint density at radius 1 is 1.25 bits per heavy atom. The zero-order valence-corrected chi connectivity index (χ0v) is 11.0. The minimum atomic E-state index is -0.698. The van der Waals surface area contributed by atoms with Gasteiger partial charge in [0.15, 0.2) is 0 Å². The summed E-state index contributed by atoms with van der Waals surface area (Å²) >= 11 is 0. The lowest BCUT2D eigenvalue weighted by atomic mass is 10.1. The maximum atomic E-state index is 10.5. The zero-order valence-electron chi connectivity index (χ0n) is 11.0. The van der Waals surface area contributed by atoms with Gasteiger partial charge in [0.1, 0.15) is 0 Å². The number of rotatable bonds is 10. The molecule has 0 fully saturated rings. The molecule has 0 aliphatic rings. The van der Waals surface area contributed by atoms with Crippen LogP contribution in [0.3, 0.4) is 0 Å². The van der Waals surface area contributed by atoms with Crippen LogP contribution >= 0.6 is 0 Å². The van der Waals surface area contributed by atoms with Gasteiger partial charge in [0.25, 0.3) is 0 Å². The van der Waals surface area contributed by atoms with E-state index in [1.165, 1.54) is 32.1 Å². The topological polar surface area (TPSA) is 40.5 Å². The van der Waals surface area contributed by atoms with Gasteiger partial charge in [0, 0.05) is 12.6 Å². The zero-order chi connectivity index (χ0) is 12.4. The predicted molar refractivity (Wildman–Crippen MR) is 67.7 cm³/mol. The van der Waals surface area contributed by atoms with Crippen molar-refractivity contribution in [2.45, 2.75) is 65.3 Å². The molecule has 0 aromatic heterocycles. The first-order valence-electron chi connectivity index (χ1n) is 6.57. The number of carboxylic acid groups (broad SMARTS) is 1. The second kappa shape index (κ2) is 9.64. The van der Waals surface area contributed by atoms with Crippen LogP contribution in [0.4, 0.5) is 0 Å². The highest BCUT2D eigenvalue weighted by Gasteiger charge is 2.12. The van der Waals surface area contributed by atoms with E-state index >= 15 is 0 Å². The summed E-state index contributed by atoms with van der Waals surface area (Å²) in [6, 6.07) is 0.515. The van der Waals surface area contributed by atoms with Crippen LogP contribution < -0.4 is 0 Å². The van der Waals surface area contributed by atoms with Crippen LogP contribution in [0.15, 0.2) is 0 Å². The van der Waals surface area contributed by atoms with Crippen molar-refractivity contribution in [3.8, 4) is 0 Å². The molecule has 0 rings (SSSR count). The van der Waals surface area contributed by atoms with Crippen molar-refractivity contribution in [1.29, 1.82) is 0 Å². The van der Waals surface area contributed by atoms with Crippen molar-refractivity contribution in [1.82, 2.24) is 4.90 Å². The molecule has 0 aliphatic carbocycles. The standard InChI is InChI=1S/C13H27NO2/c1-4-6-7-8-9-12(3)14(5-2)11-10-13(15)16/h12H,4-11H2,1-3H3,(H,15,16). The Morgan fingerprint density at radius 3 is 2.44 bits per heavy atom. The molecule has 1 atom stereocenters. The second-order valence-corrected chi connectivity index (χ2v) is 4.47. The number of unbranched alkanes of at least 4 members (excludes halogenated alkanes) is 3. The third-order valence-corrected chi connectivity index (χ3v) is 3.12. The van der Waals surface area contributed by atoms with Gasteiger partial charge in [-0.15, -0.1) is 0 Å². The minimum Gasteiger partial charge on any atom is -0.481 e. The van der Waals surface area contributed by atoms with Gasteiger partial charge in [-0.2, -0.15) is 0 Å². The lowest BCUT2D eigenvalue weighted by Crippen LogP contribution is -2.34.